The predicted molar refractivity (Wildman–Crippen MR) is 109 cm³/mol. The van der Waals surface area contributed by atoms with Crippen LogP contribution >= 0.6 is 0 Å². The first kappa shape index (κ1) is 18.8. The number of likely N-dealkylation sites (tertiary alicyclic amines) is 1. The van der Waals surface area contributed by atoms with Crippen LogP contribution in [0.1, 0.15) is 23.3 Å². The highest BCUT2D eigenvalue weighted by molar-refractivity contribution is 5.97. The maximum Gasteiger partial charge on any atom is 0.320 e. The van der Waals surface area contributed by atoms with Gasteiger partial charge in [0.2, 0.25) is 0 Å². The molecule has 0 spiro atoms. The lowest BCUT2D eigenvalue weighted by molar-refractivity contribution is 0.0915. The van der Waals surface area contributed by atoms with Crippen molar-refractivity contribution in [1.29, 1.82) is 0 Å². The van der Waals surface area contributed by atoms with E-state index < -0.39 is 0 Å². The molecule has 7 heteroatoms. The topological polar surface area (TPSA) is 71.7 Å². The lowest BCUT2D eigenvalue weighted by Crippen LogP contribution is -2.54. The predicted octanol–water partition coefficient (Wildman–Crippen LogP) is 1.98. The molecule has 4 rings (SSSR count). The van der Waals surface area contributed by atoms with E-state index in [-0.39, 0.29) is 11.9 Å². The normalized spacial score (nSPS) is 21.1. The summed E-state index contributed by atoms with van der Waals surface area (Å²) in [5, 5.41) is 4.08. The molecule has 0 bridgehead atoms. The van der Waals surface area contributed by atoms with E-state index in [2.05, 4.69) is 22.2 Å². The van der Waals surface area contributed by atoms with Crippen molar-refractivity contribution in [2.24, 2.45) is 5.92 Å². The molecule has 0 saturated carbocycles. The Morgan fingerprint density at radius 2 is 1.89 bits per heavy atom. The third-order valence-electron chi connectivity index (χ3n) is 5.89. The fraction of sp³-hybridized carbons (Fsp3) is 0.524. The van der Waals surface area contributed by atoms with Gasteiger partial charge in [-0.05, 0) is 37.9 Å². The summed E-state index contributed by atoms with van der Waals surface area (Å²) in [6.07, 6.45) is 2.03. The van der Waals surface area contributed by atoms with Gasteiger partial charge in [0, 0.05) is 56.7 Å². The molecular formula is C21H29N5O2. The van der Waals surface area contributed by atoms with Crippen LogP contribution < -0.4 is 5.32 Å². The van der Waals surface area contributed by atoms with Crippen molar-refractivity contribution in [3.63, 3.8) is 0 Å². The Morgan fingerprint density at radius 1 is 1.11 bits per heavy atom. The maximum atomic E-state index is 12.8. The minimum Gasteiger partial charge on any atom is -0.351 e. The van der Waals surface area contributed by atoms with Crippen molar-refractivity contribution >= 4 is 22.8 Å². The first-order chi connectivity index (χ1) is 13.6. The van der Waals surface area contributed by atoms with Crippen LogP contribution in [0.15, 0.2) is 30.3 Å². The number of nitrogens with one attached hydrogen (secondary N) is 2. The number of rotatable bonds is 3. The van der Waals surface area contributed by atoms with E-state index in [0.717, 1.165) is 63.0 Å². The number of carbonyl (C=O) groups excluding carboxylic acids is 2. The van der Waals surface area contributed by atoms with Gasteiger partial charge in [-0.1, -0.05) is 18.2 Å². The summed E-state index contributed by atoms with van der Waals surface area (Å²) in [7, 11) is 2.09. The Labute approximate surface area is 165 Å². The van der Waals surface area contributed by atoms with Gasteiger partial charge in [-0.25, -0.2) is 4.79 Å². The molecule has 1 aromatic heterocycles. The van der Waals surface area contributed by atoms with Crippen LogP contribution in [0.3, 0.4) is 0 Å². The Morgan fingerprint density at radius 3 is 2.68 bits per heavy atom. The standard InChI is InChI=1S/C21H29N5O2/c1-24-9-11-25(12-10-24)21(28)26-8-4-5-16(15-26)14-22-20(27)19-13-17-6-2-3-7-18(17)23-19/h2-3,6-7,13,16,23H,4-5,8-12,14-15H2,1H3,(H,22,27)/t16-/m0/s1. The second-order valence-corrected chi connectivity index (χ2v) is 8.01. The number of aromatic nitrogens is 1. The van der Waals surface area contributed by atoms with Crippen molar-refractivity contribution in [1.82, 2.24) is 25.0 Å². The molecule has 28 heavy (non-hydrogen) atoms. The minimum absolute atomic E-state index is 0.0845. The molecule has 0 radical (unpaired) electrons. The van der Waals surface area contributed by atoms with E-state index in [1.54, 1.807) is 0 Å². The molecule has 2 saturated heterocycles. The van der Waals surface area contributed by atoms with Crippen LogP contribution in [0.25, 0.3) is 10.9 Å². The average molecular weight is 383 g/mol. The zero-order valence-electron chi connectivity index (χ0n) is 16.5. The zero-order valence-corrected chi connectivity index (χ0v) is 16.5. The number of hydrogen-bond acceptors (Lipinski definition) is 3. The molecule has 1 atom stereocenters. The number of aromatic amines is 1. The second-order valence-electron chi connectivity index (χ2n) is 8.01. The van der Waals surface area contributed by atoms with Crippen LogP contribution in [0.4, 0.5) is 4.79 Å². The molecule has 2 aliphatic heterocycles. The van der Waals surface area contributed by atoms with Crippen LogP contribution in [-0.2, 0) is 0 Å². The van der Waals surface area contributed by atoms with Gasteiger partial charge in [0.15, 0.2) is 0 Å². The van der Waals surface area contributed by atoms with Gasteiger partial charge in [-0.15, -0.1) is 0 Å². The van der Waals surface area contributed by atoms with Crippen molar-refractivity contribution in [3.05, 3.63) is 36.0 Å². The van der Waals surface area contributed by atoms with Crippen LogP contribution in [0, 0.1) is 5.92 Å². The first-order valence-electron chi connectivity index (χ1n) is 10.2. The van der Waals surface area contributed by atoms with E-state index >= 15 is 0 Å². The highest BCUT2D eigenvalue weighted by Crippen LogP contribution is 2.19. The molecule has 2 aliphatic rings. The highest BCUT2D eigenvalue weighted by Gasteiger charge is 2.28. The Hall–Kier alpha value is -2.54. The fourth-order valence-electron chi connectivity index (χ4n) is 4.13. The number of benzene rings is 1. The third kappa shape index (κ3) is 4.14. The number of likely N-dealkylation sites (N-methyl/N-ethyl adjacent to an activating group) is 1. The van der Waals surface area contributed by atoms with Crippen molar-refractivity contribution in [2.75, 3.05) is 52.9 Å². The minimum atomic E-state index is -0.0845. The number of piperidine rings is 1. The molecule has 3 amide bonds. The Bertz CT molecular complexity index is 807. The third-order valence-corrected chi connectivity index (χ3v) is 5.89. The summed E-state index contributed by atoms with van der Waals surface area (Å²) in [6, 6.07) is 9.91. The van der Waals surface area contributed by atoms with Crippen molar-refractivity contribution in [3.8, 4) is 0 Å². The highest BCUT2D eigenvalue weighted by atomic mass is 16.2. The number of urea groups is 1. The van der Waals surface area contributed by atoms with Gasteiger partial charge in [-0.2, -0.15) is 0 Å². The number of piperazine rings is 1. The molecule has 3 heterocycles. The molecule has 150 valence electrons. The van der Waals surface area contributed by atoms with Gasteiger partial charge in [0.1, 0.15) is 5.69 Å². The average Bonchev–Trinajstić information content (AvgIpc) is 3.17. The molecule has 0 aliphatic carbocycles. The molecule has 2 fully saturated rings. The number of para-hydroxylation sites is 1. The van der Waals surface area contributed by atoms with Crippen molar-refractivity contribution in [2.45, 2.75) is 12.8 Å². The molecule has 1 aromatic carbocycles. The van der Waals surface area contributed by atoms with E-state index in [9.17, 15) is 9.59 Å². The summed E-state index contributed by atoms with van der Waals surface area (Å²) < 4.78 is 0. The lowest BCUT2D eigenvalue weighted by Gasteiger charge is -2.39. The zero-order chi connectivity index (χ0) is 19.5. The number of carbonyl (C=O) groups is 2. The quantitative estimate of drug-likeness (QED) is 0.851. The number of amides is 3. The monoisotopic (exact) mass is 383 g/mol. The summed E-state index contributed by atoms with van der Waals surface area (Å²) in [4.78, 5) is 34.7. The smallest absolute Gasteiger partial charge is 0.320 e. The number of H-pyrrole nitrogens is 1. The maximum absolute atomic E-state index is 12.8. The van der Waals surface area contributed by atoms with E-state index in [1.165, 1.54) is 0 Å². The van der Waals surface area contributed by atoms with E-state index in [0.29, 0.717) is 18.2 Å². The summed E-state index contributed by atoms with van der Waals surface area (Å²) >= 11 is 0. The van der Waals surface area contributed by atoms with Gasteiger partial charge >= 0.3 is 6.03 Å². The SMILES string of the molecule is CN1CCN(C(=O)N2CCC[C@@H](CNC(=O)c3cc4ccccc4[nH]3)C2)CC1. The first-order valence-corrected chi connectivity index (χ1v) is 10.2. The van der Waals surface area contributed by atoms with Gasteiger partial charge in [0.25, 0.3) is 5.91 Å². The summed E-state index contributed by atoms with van der Waals surface area (Å²) in [5.41, 5.74) is 1.55. The van der Waals surface area contributed by atoms with Gasteiger partial charge in [-0.3, -0.25) is 4.79 Å². The molecule has 0 unspecified atom stereocenters. The van der Waals surface area contributed by atoms with Gasteiger partial charge < -0.3 is 25.0 Å². The fourth-order valence-corrected chi connectivity index (χ4v) is 4.13. The Balaban J connectivity index is 1.30. The number of hydrogen-bond donors (Lipinski definition) is 2. The van der Waals surface area contributed by atoms with Crippen LogP contribution in [0.5, 0.6) is 0 Å². The molecule has 7 nitrogen and oxygen atoms in total. The summed E-state index contributed by atoms with van der Waals surface area (Å²) in [6.45, 7) is 5.60. The molecular weight excluding hydrogens is 354 g/mol. The van der Waals surface area contributed by atoms with Crippen LogP contribution in [-0.4, -0.2) is 84.5 Å². The summed E-state index contributed by atoms with van der Waals surface area (Å²) in [5.74, 6) is 0.220. The van der Waals surface area contributed by atoms with Crippen LogP contribution in [0.2, 0.25) is 0 Å². The Kier molecular flexibility index (Phi) is 5.52. The van der Waals surface area contributed by atoms with E-state index in [4.69, 9.17) is 0 Å². The lowest BCUT2D eigenvalue weighted by atomic mass is 9.98. The number of nitrogens with zero attached hydrogens (tertiary/aromatic N) is 3. The van der Waals surface area contributed by atoms with Crippen molar-refractivity contribution < 1.29 is 9.59 Å². The van der Waals surface area contributed by atoms with Gasteiger partial charge in [0.05, 0.1) is 0 Å². The second kappa shape index (κ2) is 8.22. The number of fused-ring (bicyclic) bond motifs is 1. The molecule has 2 aromatic rings. The largest absolute Gasteiger partial charge is 0.351 e. The van der Waals surface area contributed by atoms with E-state index in [1.807, 2.05) is 40.1 Å². The molecule has 2 N–H and O–H groups in total.